The van der Waals surface area contributed by atoms with Crippen LogP contribution in [0.25, 0.3) is 0 Å². The summed E-state index contributed by atoms with van der Waals surface area (Å²) in [6.45, 7) is 2.85. The Morgan fingerprint density at radius 2 is 2.26 bits per heavy atom. The third-order valence-corrected chi connectivity index (χ3v) is 3.13. The molecule has 1 aliphatic rings. The minimum Gasteiger partial charge on any atom is -0.481 e. The van der Waals surface area contributed by atoms with Gasteiger partial charge in [-0.05, 0) is 19.8 Å². The van der Waals surface area contributed by atoms with E-state index in [1.807, 2.05) is 11.8 Å². The van der Waals surface area contributed by atoms with Crippen LogP contribution in [0.2, 0.25) is 0 Å². The second-order valence-corrected chi connectivity index (χ2v) is 4.71. The number of aromatic nitrogens is 3. The molecule has 1 fully saturated rings. The summed E-state index contributed by atoms with van der Waals surface area (Å²) in [5.74, 6) is -0.823. The first-order chi connectivity index (χ1) is 9.10. The van der Waals surface area contributed by atoms with Crippen LogP contribution in [-0.4, -0.2) is 49.5 Å². The van der Waals surface area contributed by atoms with Gasteiger partial charge in [-0.15, -0.1) is 5.10 Å². The van der Waals surface area contributed by atoms with Crippen LogP contribution in [0.1, 0.15) is 31.9 Å². The predicted molar refractivity (Wildman–Crippen MR) is 66.4 cm³/mol. The summed E-state index contributed by atoms with van der Waals surface area (Å²) < 4.78 is 1.48. The van der Waals surface area contributed by atoms with Gasteiger partial charge < -0.3 is 10.0 Å². The number of carboxylic acid groups (broad SMARTS) is 1. The number of hydrogen-bond donors (Lipinski definition) is 1. The third-order valence-electron chi connectivity index (χ3n) is 3.13. The molecule has 1 saturated carbocycles. The standard InChI is InChI=1S/C12H18N4O3/c1-2-16(10-4-5-10)11(17)8-15-7-9(13-14-15)3-6-12(18)19/h7,10H,2-6,8H2,1H3,(H,18,19). The van der Waals surface area contributed by atoms with Gasteiger partial charge in [0.1, 0.15) is 6.54 Å². The molecule has 104 valence electrons. The fourth-order valence-corrected chi connectivity index (χ4v) is 2.02. The zero-order valence-electron chi connectivity index (χ0n) is 10.9. The van der Waals surface area contributed by atoms with Crippen molar-refractivity contribution in [1.82, 2.24) is 19.9 Å². The molecule has 0 unspecified atom stereocenters. The highest BCUT2D eigenvalue weighted by atomic mass is 16.4. The molecule has 0 bridgehead atoms. The van der Waals surface area contributed by atoms with E-state index in [0.29, 0.717) is 24.7 Å². The van der Waals surface area contributed by atoms with E-state index in [9.17, 15) is 9.59 Å². The zero-order valence-corrected chi connectivity index (χ0v) is 10.9. The smallest absolute Gasteiger partial charge is 0.303 e. The number of carbonyl (C=O) groups excluding carboxylic acids is 1. The van der Waals surface area contributed by atoms with E-state index in [1.165, 1.54) is 4.68 Å². The normalized spacial score (nSPS) is 14.4. The Kier molecular flexibility index (Phi) is 4.13. The van der Waals surface area contributed by atoms with Crippen LogP contribution in [0.15, 0.2) is 6.20 Å². The molecule has 1 aromatic rings. The first kappa shape index (κ1) is 13.5. The van der Waals surface area contributed by atoms with Gasteiger partial charge in [0.15, 0.2) is 0 Å². The molecule has 0 spiro atoms. The highest BCUT2D eigenvalue weighted by Crippen LogP contribution is 2.26. The molecule has 0 atom stereocenters. The molecule has 2 rings (SSSR count). The first-order valence-corrected chi connectivity index (χ1v) is 6.50. The van der Waals surface area contributed by atoms with Crippen molar-refractivity contribution in [3.63, 3.8) is 0 Å². The average Bonchev–Trinajstić information content (AvgIpc) is 3.08. The third kappa shape index (κ3) is 3.77. The predicted octanol–water partition coefficient (Wildman–Crippen LogP) is 0.306. The van der Waals surface area contributed by atoms with Gasteiger partial charge in [0.2, 0.25) is 5.91 Å². The number of rotatable bonds is 7. The van der Waals surface area contributed by atoms with Gasteiger partial charge in [-0.1, -0.05) is 5.21 Å². The number of aliphatic carboxylic acids is 1. The number of carboxylic acids is 1. The van der Waals surface area contributed by atoms with Crippen molar-refractivity contribution >= 4 is 11.9 Å². The summed E-state index contributed by atoms with van der Waals surface area (Å²) in [6, 6.07) is 0.396. The number of carbonyl (C=O) groups is 2. The highest BCUT2D eigenvalue weighted by Gasteiger charge is 2.31. The van der Waals surface area contributed by atoms with Crippen molar-refractivity contribution in [2.75, 3.05) is 6.54 Å². The van der Waals surface area contributed by atoms with Crippen LogP contribution in [0, 0.1) is 0 Å². The Balaban J connectivity index is 1.88. The molecule has 0 radical (unpaired) electrons. The largest absolute Gasteiger partial charge is 0.481 e. The van der Waals surface area contributed by atoms with Crippen LogP contribution in [-0.2, 0) is 22.6 Å². The monoisotopic (exact) mass is 266 g/mol. The number of aryl methyl sites for hydroxylation is 1. The van der Waals surface area contributed by atoms with Crippen LogP contribution in [0.4, 0.5) is 0 Å². The Bertz CT molecular complexity index is 467. The van der Waals surface area contributed by atoms with Crippen molar-refractivity contribution in [2.45, 2.75) is 45.2 Å². The van der Waals surface area contributed by atoms with Crippen LogP contribution in [0.3, 0.4) is 0 Å². The van der Waals surface area contributed by atoms with Crippen molar-refractivity contribution in [3.05, 3.63) is 11.9 Å². The van der Waals surface area contributed by atoms with Gasteiger partial charge in [-0.25, -0.2) is 4.68 Å². The summed E-state index contributed by atoms with van der Waals surface area (Å²) in [4.78, 5) is 24.4. The van der Waals surface area contributed by atoms with Crippen molar-refractivity contribution in [1.29, 1.82) is 0 Å². The fraction of sp³-hybridized carbons (Fsp3) is 0.667. The fourth-order valence-electron chi connectivity index (χ4n) is 2.02. The van der Waals surface area contributed by atoms with Gasteiger partial charge >= 0.3 is 5.97 Å². The van der Waals surface area contributed by atoms with Gasteiger partial charge in [0.05, 0.1) is 12.1 Å². The SMILES string of the molecule is CCN(C(=O)Cn1cc(CCC(=O)O)nn1)C1CC1. The van der Waals surface area contributed by atoms with Gasteiger partial charge in [-0.2, -0.15) is 0 Å². The van der Waals surface area contributed by atoms with Crippen molar-refractivity contribution in [3.8, 4) is 0 Å². The Morgan fingerprint density at radius 3 is 2.84 bits per heavy atom. The summed E-state index contributed by atoms with van der Waals surface area (Å²) in [5.41, 5.74) is 0.602. The molecular formula is C12H18N4O3. The lowest BCUT2D eigenvalue weighted by molar-refractivity contribution is -0.137. The van der Waals surface area contributed by atoms with E-state index < -0.39 is 5.97 Å². The summed E-state index contributed by atoms with van der Waals surface area (Å²) in [6.07, 6.45) is 4.17. The summed E-state index contributed by atoms with van der Waals surface area (Å²) >= 11 is 0. The lowest BCUT2D eigenvalue weighted by Gasteiger charge is -2.19. The minimum atomic E-state index is -0.864. The molecule has 19 heavy (non-hydrogen) atoms. The molecule has 1 N–H and O–H groups in total. The highest BCUT2D eigenvalue weighted by molar-refractivity contribution is 5.76. The quantitative estimate of drug-likeness (QED) is 0.767. The molecule has 1 amide bonds. The van der Waals surface area contributed by atoms with Gasteiger partial charge in [0.25, 0.3) is 0 Å². The lowest BCUT2D eigenvalue weighted by atomic mass is 10.2. The second-order valence-electron chi connectivity index (χ2n) is 4.71. The van der Waals surface area contributed by atoms with Crippen LogP contribution >= 0.6 is 0 Å². The number of hydrogen-bond acceptors (Lipinski definition) is 4. The maximum absolute atomic E-state index is 12.0. The first-order valence-electron chi connectivity index (χ1n) is 6.50. The molecule has 7 nitrogen and oxygen atoms in total. The minimum absolute atomic E-state index is 0.0236. The van der Waals surface area contributed by atoms with E-state index in [1.54, 1.807) is 6.20 Å². The maximum Gasteiger partial charge on any atom is 0.303 e. The van der Waals surface area contributed by atoms with Gasteiger partial charge in [-0.3, -0.25) is 9.59 Å². The van der Waals surface area contributed by atoms with E-state index in [-0.39, 0.29) is 18.9 Å². The summed E-state index contributed by atoms with van der Waals surface area (Å²) in [5, 5.41) is 16.3. The zero-order chi connectivity index (χ0) is 13.8. The van der Waals surface area contributed by atoms with Crippen molar-refractivity contribution < 1.29 is 14.7 Å². The molecule has 0 saturated heterocycles. The molecular weight excluding hydrogens is 248 g/mol. The molecule has 7 heteroatoms. The molecule has 1 aromatic heterocycles. The molecule has 0 aromatic carbocycles. The second kappa shape index (κ2) is 5.81. The average molecular weight is 266 g/mol. The number of likely N-dealkylation sites (N-methyl/N-ethyl adjacent to an activating group) is 1. The van der Waals surface area contributed by atoms with E-state index >= 15 is 0 Å². The lowest BCUT2D eigenvalue weighted by Crippen LogP contribution is -2.35. The van der Waals surface area contributed by atoms with Crippen molar-refractivity contribution in [2.24, 2.45) is 0 Å². The Morgan fingerprint density at radius 1 is 1.53 bits per heavy atom. The molecule has 1 aliphatic carbocycles. The van der Waals surface area contributed by atoms with Crippen LogP contribution in [0.5, 0.6) is 0 Å². The Labute approximate surface area is 111 Å². The van der Waals surface area contributed by atoms with Crippen LogP contribution < -0.4 is 0 Å². The summed E-state index contributed by atoms with van der Waals surface area (Å²) in [7, 11) is 0. The van der Waals surface area contributed by atoms with Gasteiger partial charge in [0, 0.05) is 25.2 Å². The molecule has 0 aliphatic heterocycles. The maximum atomic E-state index is 12.0. The molecule has 1 heterocycles. The Hall–Kier alpha value is -1.92. The van der Waals surface area contributed by atoms with E-state index in [4.69, 9.17) is 5.11 Å². The van der Waals surface area contributed by atoms with E-state index in [2.05, 4.69) is 10.3 Å². The van der Waals surface area contributed by atoms with E-state index in [0.717, 1.165) is 12.8 Å². The number of amides is 1. The number of nitrogens with zero attached hydrogens (tertiary/aromatic N) is 4. The topological polar surface area (TPSA) is 88.3 Å².